The van der Waals surface area contributed by atoms with Crippen LogP contribution in [0.15, 0.2) is 12.4 Å². The van der Waals surface area contributed by atoms with E-state index in [4.69, 9.17) is 5.73 Å². The molecular weight excluding hydrogens is 202 g/mol. The summed E-state index contributed by atoms with van der Waals surface area (Å²) >= 11 is 0. The summed E-state index contributed by atoms with van der Waals surface area (Å²) in [6.07, 6.45) is 3.71. The first-order valence-electron chi connectivity index (χ1n) is 5.66. The average molecular weight is 221 g/mol. The van der Waals surface area contributed by atoms with Gasteiger partial charge in [-0.3, -0.25) is 0 Å². The summed E-state index contributed by atoms with van der Waals surface area (Å²) in [5.41, 5.74) is 5.89. The fourth-order valence-electron chi connectivity index (χ4n) is 1.88. The lowest BCUT2D eigenvalue weighted by Crippen LogP contribution is -2.40. The van der Waals surface area contributed by atoms with Gasteiger partial charge in [0, 0.05) is 39.3 Å². The van der Waals surface area contributed by atoms with Crippen molar-refractivity contribution in [1.29, 1.82) is 0 Å². The highest BCUT2D eigenvalue weighted by atomic mass is 15.2. The zero-order valence-electron chi connectivity index (χ0n) is 9.93. The number of nitrogens with two attached hydrogens (primary N) is 1. The average Bonchev–Trinajstić information content (AvgIpc) is 2.30. The summed E-state index contributed by atoms with van der Waals surface area (Å²) in [5, 5.41) is 0. The van der Waals surface area contributed by atoms with E-state index in [0.717, 1.165) is 37.6 Å². The Kier molecular flexibility index (Phi) is 3.24. The minimum atomic E-state index is 0.353. The van der Waals surface area contributed by atoms with Gasteiger partial charge < -0.3 is 15.5 Å². The molecule has 1 aromatic rings. The molecule has 1 aliphatic rings. The van der Waals surface area contributed by atoms with Gasteiger partial charge in [0.25, 0.3) is 0 Å². The van der Waals surface area contributed by atoms with E-state index in [1.165, 1.54) is 0 Å². The van der Waals surface area contributed by atoms with Crippen LogP contribution >= 0.6 is 0 Å². The summed E-state index contributed by atoms with van der Waals surface area (Å²) in [4.78, 5) is 12.8. The van der Waals surface area contributed by atoms with E-state index < -0.39 is 0 Å². The molecule has 0 aromatic carbocycles. The molecule has 0 spiro atoms. The summed E-state index contributed by atoms with van der Waals surface area (Å²) in [5.74, 6) is 1.95. The third-order valence-corrected chi connectivity index (χ3v) is 2.96. The van der Waals surface area contributed by atoms with Gasteiger partial charge in [0.05, 0.1) is 0 Å². The maximum Gasteiger partial charge on any atom is 0.134 e. The molecule has 2 rings (SSSR count). The molecule has 16 heavy (non-hydrogen) atoms. The molecule has 5 heteroatoms. The molecule has 5 nitrogen and oxygen atoms in total. The lowest BCUT2D eigenvalue weighted by atomic mass is 10.1. The Balaban J connectivity index is 2.11. The molecule has 1 fully saturated rings. The summed E-state index contributed by atoms with van der Waals surface area (Å²) in [6, 6.07) is 2.38. The van der Waals surface area contributed by atoms with E-state index in [0.29, 0.717) is 6.04 Å². The van der Waals surface area contributed by atoms with Gasteiger partial charge in [0.2, 0.25) is 0 Å². The molecule has 2 heterocycles. The number of rotatable bonds is 2. The first-order valence-corrected chi connectivity index (χ1v) is 5.66. The van der Waals surface area contributed by atoms with Gasteiger partial charge in [-0.2, -0.15) is 0 Å². The van der Waals surface area contributed by atoms with Crippen LogP contribution in [0.1, 0.15) is 12.8 Å². The molecule has 0 saturated carbocycles. The van der Waals surface area contributed by atoms with Crippen LogP contribution in [-0.4, -0.2) is 43.2 Å². The molecule has 0 bridgehead atoms. The Hall–Kier alpha value is -1.36. The highest BCUT2D eigenvalue weighted by molar-refractivity contribution is 5.49. The van der Waals surface area contributed by atoms with Crippen molar-refractivity contribution in [2.75, 3.05) is 37.0 Å². The van der Waals surface area contributed by atoms with Gasteiger partial charge in [0.1, 0.15) is 18.0 Å². The number of nitrogens with zero attached hydrogens (tertiary/aromatic N) is 4. The molecule has 0 unspecified atom stereocenters. The molecule has 2 N–H and O–H groups in total. The quantitative estimate of drug-likeness (QED) is 0.786. The van der Waals surface area contributed by atoms with Gasteiger partial charge in [-0.15, -0.1) is 0 Å². The largest absolute Gasteiger partial charge is 0.363 e. The van der Waals surface area contributed by atoms with Crippen LogP contribution in [0, 0.1) is 0 Å². The van der Waals surface area contributed by atoms with Crippen molar-refractivity contribution in [3.63, 3.8) is 0 Å². The van der Waals surface area contributed by atoms with Crippen LogP contribution in [0.4, 0.5) is 11.6 Å². The van der Waals surface area contributed by atoms with Crippen molar-refractivity contribution < 1.29 is 0 Å². The summed E-state index contributed by atoms with van der Waals surface area (Å²) < 4.78 is 0. The minimum absolute atomic E-state index is 0.353. The Morgan fingerprint density at radius 1 is 1.31 bits per heavy atom. The molecule has 0 radical (unpaired) electrons. The van der Waals surface area contributed by atoms with E-state index in [1.807, 2.05) is 25.1 Å². The van der Waals surface area contributed by atoms with Gasteiger partial charge in [-0.1, -0.05) is 0 Å². The first kappa shape index (κ1) is 11.1. The number of hydrogen-bond donors (Lipinski definition) is 1. The lowest BCUT2D eigenvalue weighted by Gasteiger charge is -2.31. The van der Waals surface area contributed by atoms with Gasteiger partial charge in [0.15, 0.2) is 0 Å². The van der Waals surface area contributed by atoms with E-state index >= 15 is 0 Å². The van der Waals surface area contributed by atoms with E-state index in [1.54, 1.807) is 6.33 Å². The molecule has 1 aliphatic heterocycles. The smallest absolute Gasteiger partial charge is 0.134 e. The molecule has 0 atom stereocenters. The Labute approximate surface area is 96.3 Å². The first-order chi connectivity index (χ1) is 7.66. The van der Waals surface area contributed by atoms with Crippen molar-refractivity contribution in [1.82, 2.24) is 9.97 Å². The third kappa shape index (κ3) is 2.41. The van der Waals surface area contributed by atoms with Crippen LogP contribution in [-0.2, 0) is 0 Å². The second-order valence-electron chi connectivity index (χ2n) is 4.45. The molecule has 1 saturated heterocycles. The van der Waals surface area contributed by atoms with Crippen molar-refractivity contribution in [3.05, 3.63) is 12.4 Å². The van der Waals surface area contributed by atoms with Crippen molar-refractivity contribution >= 4 is 11.6 Å². The van der Waals surface area contributed by atoms with E-state index in [-0.39, 0.29) is 0 Å². The maximum absolute atomic E-state index is 5.89. The molecule has 0 amide bonds. The maximum atomic E-state index is 5.89. The highest BCUT2D eigenvalue weighted by Gasteiger charge is 2.17. The van der Waals surface area contributed by atoms with Crippen molar-refractivity contribution in [2.45, 2.75) is 18.9 Å². The van der Waals surface area contributed by atoms with E-state index in [2.05, 4.69) is 14.9 Å². The second kappa shape index (κ2) is 4.65. The second-order valence-corrected chi connectivity index (χ2v) is 4.45. The number of hydrogen-bond acceptors (Lipinski definition) is 5. The van der Waals surface area contributed by atoms with Crippen molar-refractivity contribution in [2.24, 2.45) is 5.73 Å². The Morgan fingerprint density at radius 3 is 2.62 bits per heavy atom. The molecular formula is C11H19N5. The normalized spacial score (nSPS) is 17.6. The third-order valence-electron chi connectivity index (χ3n) is 2.96. The predicted molar refractivity (Wildman–Crippen MR) is 65.8 cm³/mol. The number of anilines is 2. The zero-order valence-corrected chi connectivity index (χ0v) is 9.93. The van der Waals surface area contributed by atoms with Gasteiger partial charge >= 0.3 is 0 Å². The van der Waals surface area contributed by atoms with Crippen LogP contribution < -0.4 is 15.5 Å². The topological polar surface area (TPSA) is 58.3 Å². The fraction of sp³-hybridized carbons (Fsp3) is 0.636. The molecule has 88 valence electrons. The van der Waals surface area contributed by atoms with Gasteiger partial charge in [-0.05, 0) is 12.8 Å². The minimum Gasteiger partial charge on any atom is -0.363 e. The fourth-order valence-corrected chi connectivity index (χ4v) is 1.88. The van der Waals surface area contributed by atoms with Crippen LogP contribution in [0.5, 0.6) is 0 Å². The van der Waals surface area contributed by atoms with Crippen molar-refractivity contribution in [3.8, 4) is 0 Å². The van der Waals surface area contributed by atoms with Gasteiger partial charge in [-0.25, -0.2) is 9.97 Å². The number of aromatic nitrogens is 2. The Bertz CT molecular complexity index is 344. The predicted octanol–water partition coefficient (Wildman–Crippen LogP) is 0.470. The Morgan fingerprint density at radius 2 is 2.00 bits per heavy atom. The monoisotopic (exact) mass is 221 g/mol. The zero-order chi connectivity index (χ0) is 11.5. The van der Waals surface area contributed by atoms with Crippen LogP contribution in [0.25, 0.3) is 0 Å². The number of piperidine rings is 1. The van der Waals surface area contributed by atoms with Crippen LogP contribution in [0.2, 0.25) is 0 Å². The van der Waals surface area contributed by atoms with Crippen LogP contribution in [0.3, 0.4) is 0 Å². The molecule has 0 aliphatic carbocycles. The summed E-state index contributed by atoms with van der Waals surface area (Å²) in [6.45, 7) is 1.98. The molecule has 1 aromatic heterocycles. The van der Waals surface area contributed by atoms with E-state index in [9.17, 15) is 0 Å². The highest BCUT2D eigenvalue weighted by Crippen LogP contribution is 2.19. The standard InChI is InChI=1S/C11H19N5/c1-15(2)10-7-11(14-8-13-10)16-5-3-9(12)4-6-16/h7-9H,3-6,12H2,1-2H3. The lowest BCUT2D eigenvalue weighted by molar-refractivity contribution is 0.498. The SMILES string of the molecule is CN(C)c1cc(N2CCC(N)CC2)ncn1. The summed E-state index contributed by atoms with van der Waals surface area (Å²) in [7, 11) is 3.97.